The van der Waals surface area contributed by atoms with E-state index < -0.39 is 14.6 Å². The largest absolute Gasteiger partial charge is 0.677 e. The van der Waals surface area contributed by atoms with E-state index in [2.05, 4.69) is 0 Å². The van der Waals surface area contributed by atoms with E-state index in [4.69, 9.17) is 18.4 Å². The molecular formula is C16H42O7SiZr. The molecule has 9 heteroatoms. The SMILES string of the molecule is CC(C)(C)O.CCC(C)O[Si](O)(OC(C)CC)OC(C)CC.O.O.[Zr]. The first-order valence-electron chi connectivity index (χ1n) is 8.34. The molecule has 3 unspecified atom stereocenters. The second-order valence-corrected chi connectivity index (χ2v) is 8.46. The van der Waals surface area contributed by atoms with Crippen LogP contribution < -0.4 is 0 Å². The number of rotatable bonds is 9. The molecule has 0 aliphatic carbocycles. The van der Waals surface area contributed by atoms with Gasteiger partial charge in [0.05, 0.1) is 5.60 Å². The molecule has 25 heavy (non-hydrogen) atoms. The zero-order chi connectivity index (χ0) is 18.0. The predicted molar refractivity (Wildman–Crippen MR) is 99.7 cm³/mol. The first kappa shape index (κ1) is 36.7. The number of hydrogen-bond donors (Lipinski definition) is 2. The van der Waals surface area contributed by atoms with Gasteiger partial charge in [0.2, 0.25) is 0 Å². The second-order valence-electron chi connectivity index (χ2n) is 6.70. The summed E-state index contributed by atoms with van der Waals surface area (Å²) in [6, 6.07) is 0. The van der Waals surface area contributed by atoms with Gasteiger partial charge < -0.3 is 34.1 Å². The van der Waals surface area contributed by atoms with Crippen molar-refractivity contribution in [2.75, 3.05) is 0 Å². The molecule has 0 amide bonds. The van der Waals surface area contributed by atoms with E-state index in [1.165, 1.54) is 0 Å². The van der Waals surface area contributed by atoms with Crippen LogP contribution in [0.1, 0.15) is 81.6 Å². The Labute approximate surface area is 174 Å². The third kappa shape index (κ3) is 27.1. The quantitative estimate of drug-likeness (QED) is 0.503. The van der Waals surface area contributed by atoms with Gasteiger partial charge in [0.25, 0.3) is 0 Å². The molecule has 0 bridgehead atoms. The van der Waals surface area contributed by atoms with Crippen molar-refractivity contribution in [3.8, 4) is 0 Å². The summed E-state index contributed by atoms with van der Waals surface area (Å²) in [7, 11) is -3.50. The van der Waals surface area contributed by atoms with Crippen molar-refractivity contribution in [3.05, 3.63) is 0 Å². The van der Waals surface area contributed by atoms with Crippen LogP contribution in [0.3, 0.4) is 0 Å². The molecule has 0 aromatic heterocycles. The fourth-order valence-electron chi connectivity index (χ4n) is 1.10. The average molecular weight is 466 g/mol. The fraction of sp³-hybridized carbons (Fsp3) is 1.00. The molecule has 3 atom stereocenters. The summed E-state index contributed by atoms with van der Waals surface area (Å²) in [5, 5.41) is 8.52. The van der Waals surface area contributed by atoms with Crippen LogP contribution in [0.25, 0.3) is 0 Å². The summed E-state index contributed by atoms with van der Waals surface area (Å²) in [5.41, 5.74) is -0.500. The predicted octanol–water partition coefficient (Wildman–Crippen LogP) is 1.98. The Bertz CT molecular complexity index is 240. The summed E-state index contributed by atoms with van der Waals surface area (Å²) in [6.45, 7) is 17.0. The van der Waals surface area contributed by atoms with Gasteiger partial charge in [-0.1, -0.05) is 20.8 Å². The van der Waals surface area contributed by atoms with Gasteiger partial charge in [0.15, 0.2) is 0 Å². The molecule has 0 heterocycles. The molecule has 0 fully saturated rings. The van der Waals surface area contributed by atoms with E-state index in [0.29, 0.717) is 0 Å². The average Bonchev–Trinajstić information content (AvgIpc) is 2.35. The van der Waals surface area contributed by atoms with Crippen LogP contribution in [-0.2, 0) is 39.5 Å². The summed E-state index contributed by atoms with van der Waals surface area (Å²) >= 11 is 0. The summed E-state index contributed by atoms with van der Waals surface area (Å²) in [6.07, 6.45) is 2.30. The van der Waals surface area contributed by atoms with Gasteiger partial charge in [-0.25, -0.2) is 0 Å². The minimum absolute atomic E-state index is 0. The molecule has 0 saturated carbocycles. The normalized spacial score (nSPS) is 16.4. The number of aliphatic hydroxyl groups is 1. The molecule has 156 valence electrons. The molecule has 0 spiro atoms. The second kappa shape index (κ2) is 18.2. The molecule has 7 nitrogen and oxygen atoms in total. The van der Waals surface area contributed by atoms with Crippen LogP contribution in [-0.4, -0.2) is 53.8 Å². The minimum Gasteiger partial charge on any atom is -0.412 e. The third-order valence-corrected chi connectivity index (χ3v) is 4.88. The van der Waals surface area contributed by atoms with Gasteiger partial charge in [-0.2, -0.15) is 0 Å². The minimum atomic E-state index is -3.50. The van der Waals surface area contributed by atoms with Crippen LogP contribution in [0.5, 0.6) is 0 Å². The van der Waals surface area contributed by atoms with Crippen LogP contribution in [0.2, 0.25) is 0 Å². The zero-order valence-electron chi connectivity index (χ0n) is 17.5. The van der Waals surface area contributed by atoms with Crippen molar-refractivity contribution in [1.82, 2.24) is 0 Å². The smallest absolute Gasteiger partial charge is 0.412 e. The fourth-order valence-corrected chi connectivity index (χ4v) is 3.29. The van der Waals surface area contributed by atoms with Crippen LogP contribution in [0.4, 0.5) is 0 Å². The van der Waals surface area contributed by atoms with Gasteiger partial charge >= 0.3 is 9.05 Å². The summed E-state index contributed by atoms with van der Waals surface area (Å²) < 4.78 is 16.7. The van der Waals surface area contributed by atoms with Gasteiger partial charge in [-0.3, -0.25) is 0 Å². The Balaban J connectivity index is -0.000000147. The Morgan fingerprint density at radius 1 is 0.760 bits per heavy atom. The summed E-state index contributed by atoms with van der Waals surface area (Å²) in [4.78, 5) is 10.4. The van der Waals surface area contributed by atoms with Crippen molar-refractivity contribution in [2.24, 2.45) is 0 Å². The van der Waals surface area contributed by atoms with Crippen LogP contribution in [0, 0.1) is 0 Å². The standard InChI is InChI=1S/C12H28O4Si.C4H10O.2H2O.Zr/c1-7-10(4)14-17(13,15-11(5)8-2)16-12(6)9-3;1-4(2,3)5;;;/h10-13H,7-9H2,1-6H3;5H,1-3H3;2*1H2;. The van der Waals surface area contributed by atoms with Gasteiger partial charge in [0, 0.05) is 44.5 Å². The molecule has 6 N–H and O–H groups in total. The van der Waals surface area contributed by atoms with Crippen LogP contribution >= 0.6 is 0 Å². The molecule has 0 rings (SSSR count). The monoisotopic (exact) mass is 464 g/mol. The van der Waals surface area contributed by atoms with E-state index in [0.717, 1.165) is 19.3 Å². The zero-order valence-corrected chi connectivity index (χ0v) is 20.9. The van der Waals surface area contributed by atoms with Crippen molar-refractivity contribution >= 4 is 9.05 Å². The molecule has 0 aromatic carbocycles. The topological polar surface area (TPSA) is 131 Å². The van der Waals surface area contributed by atoms with Crippen molar-refractivity contribution in [1.29, 1.82) is 0 Å². The molecular weight excluding hydrogens is 423 g/mol. The maximum atomic E-state index is 10.4. The summed E-state index contributed by atoms with van der Waals surface area (Å²) in [5.74, 6) is 0. The van der Waals surface area contributed by atoms with E-state index in [1.807, 2.05) is 41.5 Å². The number of hydrogen-bond acceptors (Lipinski definition) is 5. The van der Waals surface area contributed by atoms with Gasteiger partial charge in [-0.15, -0.1) is 0 Å². The van der Waals surface area contributed by atoms with Crippen molar-refractivity contribution in [2.45, 2.75) is 105 Å². The van der Waals surface area contributed by atoms with E-state index >= 15 is 0 Å². The van der Waals surface area contributed by atoms with Crippen molar-refractivity contribution in [3.63, 3.8) is 0 Å². The Morgan fingerprint density at radius 3 is 1.04 bits per heavy atom. The molecule has 0 saturated heterocycles. The Hall–Kier alpha value is 0.820. The Morgan fingerprint density at radius 2 is 0.920 bits per heavy atom. The maximum Gasteiger partial charge on any atom is 0.677 e. The third-order valence-electron chi connectivity index (χ3n) is 2.78. The van der Waals surface area contributed by atoms with E-state index in [1.54, 1.807) is 20.8 Å². The first-order valence-corrected chi connectivity index (χ1v) is 10.0. The Kier molecular flexibility index (Phi) is 26.7. The van der Waals surface area contributed by atoms with Gasteiger partial charge in [0.1, 0.15) is 0 Å². The van der Waals surface area contributed by atoms with E-state index in [9.17, 15) is 4.80 Å². The van der Waals surface area contributed by atoms with Crippen LogP contribution in [0.15, 0.2) is 0 Å². The van der Waals surface area contributed by atoms with Crippen molar-refractivity contribution < 1.29 is 60.3 Å². The molecule has 0 aliphatic heterocycles. The van der Waals surface area contributed by atoms with Gasteiger partial charge in [-0.05, 0) is 60.8 Å². The molecule has 0 radical (unpaired) electrons. The first-order chi connectivity index (χ1) is 9.86. The molecule has 0 aliphatic rings. The van der Waals surface area contributed by atoms with E-state index in [-0.39, 0.29) is 55.5 Å². The maximum absolute atomic E-state index is 10.4. The molecule has 0 aromatic rings.